The lowest BCUT2D eigenvalue weighted by Crippen LogP contribution is -2.61. The fourth-order valence-electron chi connectivity index (χ4n) is 1.64. The lowest BCUT2D eigenvalue weighted by atomic mass is 10.0. The second-order valence-electron chi connectivity index (χ2n) is 3.71. The summed E-state index contributed by atoms with van der Waals surface area (Å²) in [6, 6.07) is 2.57. The Morgan fingerprint density at radius 1 is 1.41 bits per heavy atom. The Bertz CT molecular complexity index is 475. The molecule has 0 saturated carbocycles. The molecule has 0 aromatic heterocycles. The first-order valence-corrected chi connectivity index (χ1v) is 5.12. The summed E-state index contributed by atoms with van der Waals surface area (Å²) in [5.41, 5.74) is 4.21. The third kappa shape index (κ3) is 2.10. The minimum absolute atomic E-state index is 0.0293. The first-order valence-electron chi connectivity index (χ1n) is 4.74. The predicted molar refractivity (Wildman–Crippen MR) is 56.8 cm³/mol. The van der Waals surface area contributed by atoms with Gasteiger partial charge in [0.2, 0.25) is 5.91 Å². The number of amides is 1. The van der Waals surface area contributed by atoms with Gasteiger partial charge in [-0.15, -0.1) is 0 Å². The maximum atomic E-state index is 12.7. The van der Waals surface area contributed by atoms with E-state index in [1.807, 2.05) is 0 Å². The van der Waals surface area contributed by atoms with Crippen LogP contribution in [0, 0.1) is 0 Å². The molecule has 1 heterocycles. The van der Waals surface area contributed by atoms with E-state index in [0.717, 1.165) is 11.0 Å². The van der Waals surface area contributed by atoms with Gasteiger partial charge in [-0.1, -0.05) is 11.6 Å². The Morgan fingerprint density at radius 2 is 2.06 bits per heavy atom. The molecule has 1 aromatic carbocycles. The van der Waals surface area contributed by atoms with Crippen LogP contribution in [0.5, 0.6) is 0 Å². The predicted octanol–water partition coefficient (Wildman–Crippen LogP) is 2.03. The summed E-state index contributed by atoms with van der Waals surface area (Å²) in [6.07, 6.45) is -4.56. The molecule has 1 aliphatic rings. The van der Waals surface area contributed by atoms with E-state index < -0.39 is 23.7 Å². The number of carbonyl (C=O) groups excluding carboxylic acids is 1. The molecule has 1 fully saturated rings. The molecular formula is C10H8ClF3N2O. The van der Waals surface area contributed by atoms with Gasteiger partial charge in [0.05, 0.1) is 17.8 Å². The van der Waals surface area contributed by atoms with E-state index in [9.17, 15) is 18.0 Å². The van der Waals surface area contributed by atoms with Crippen molar-refractivity contribution in [2.45, 2.75) is 12.2 Å². The maximum Gasteiger partial charge on any atom is 0.418 e. The summed E-state index contributed by atoms with van der Waals surface area (Å²) in [6.45, 7) is 0.0869. The molecule has 1 amide bonds. The largest absolute Gasteiger partial charge is 0.418 e. The number of hydrogen-bond donors (Lipinski definition) is 1. The first-order chi connectivity index (χ1) is 7.80. The van der Waals surface area contributed by atoms with Gasteiger partial charge >= 0.3 is 6.18 Å². The smallest absolute Gasteiger partial charge is 0.318 e. The maximum absolute atomic E-state index is 12.7. The molecule has 92 valence electrons. The normalized spacial score (nSPS) is 20.4. The van der Waals surface area contributed by atoms with Gasteiger partial charge < -0.3 is 10.6 Å². The Morgan fingerprint density at radius 3 is 2.53 bits per heavy atom. The summed E-state index contributed by atoms with van der Waals surface area (Å²) in [5, 5.41) is -0.0293. The van der Waals surface area contributed by atoms with Gasteiger partial charge in [-0.3, -0.25) is 4.79 Å². The number of rotatable bonds is 1. The first kappa shape index (κ1) is 12.2. The van der Waals surface area contributed by atoms with E-state index in [-0.39, 0.29) is 17.3 Å². The lowest BCUT2D eigenvalue weighted by Gasteiger charge is -2.37. The number of halogens is 4. The number of β-lactam (4-membered cyclic amide) rings is 1. The monoisotopic (exact) mass is 264 g/mol. The fraction of sp³-hybridized carbons (Fsp3) is 0.300. The van der Waals surface area contributed by atoms with Gasteiger partial charge in [0.25, 0.3) is 0 Å². The fourth-order valence-corrected chi connectivity index (χ4v) is 1.81. The molecule has 17 heavy (non-hydrogen) atoms. The Kier molecular flexibility index (Phi) is 2.79. The number of anilines is 1. The molecule has 0 bridgehead atoms. The van der Waals surface area contributed by atoms with Crippen molar-refractivity contribution in [3.05, 3.63) is 28.8 Å². The van der Waals surface area contributed by atoms with Gasteiger partial charge in [0.15, 0.2) is 0 Å². The van der Waals surface area contributed by atoms with Crippen LogP contribution in [0.25, 0.3) is 0 Å². The van der Waals surface area contributed by atoms with Crippen LogP contribution < -0.4 is 10.6 Å². The summed E-state index contributed by atoms with van der Waals surface area (Å²) in [5.74, 6) is -0.516. The standard InChI is InChI=1S/C10H8ClF3N2O/c11-5-1-2-8(6(3-5)10(12,13)14)16-4-7(15)9(16)17/h1-3,7H,4,15H2. The zero-order chi connectivity index (χ0) is 12.8. The van der Waals surface area contributed by atoms with E-state index in [1.54, 1.807) is 0 Å². The van der Waals surface area contributed by atoms with Crippen LogP contribution in [-0.4, -0.2) is 18.5 Å². The summed E-state index contributed by atoms with van der Waals surface area (Å²) in [4.78, 5) is 12.3. The Hall–Kier alpha value is -1.27. The van der Waals surface area contributed by atoms with E-state index in [2.05, 4.69) is 0 Å². The molecule has 1 atom stereocenters. The van der Waals surface area contributed by atoms with Crippen LogP contribution in [-0.2, 0) is 11.0 Å². The average molecular weight is 265 g/mol. The van der Waals surface area contributed by atoms with Crippen molar-refractivity contribution in [1.29, 1.82) is 0 Å². The molecule has 2 rings (SSSR count). The van der Waals surface area contributed by atoms with Crippen molar-refractivity contribution in [3.8, 4) is 0 Å². The summed E-state index contributed by atoms with van der Waals surface area (Å²) >= 11 is 5.53. The van der Waals surface area contributed by atoms with Gasteiger partial charge in [0.1, 0.15) is 6.04 Å². The average Bonchev–Trinajstić information content (AvgIpc) is 2.24. The number of carbonyl (C=O) groups is 1. The number of hydrogen-bond acceptors (Lipinski definition) is 2. The van der Waals surface area contributed by atoms with E-state index >= 15 is 0 Å². The summed E-state index contributed by atoms with van der Waals surface area (Å²) in [7, 11) is 0. The van der Waals surface area contributed by atoms with Crippen LogP contribution in [0.2, 0.25) is 5.02 Å². The third-order valence-electron chi connectivity index (χ3n) is 2.52. The SMILES string of the molecule is NC1CN(c2ccc(Cl)cc2C(F)(F)F)C1=O. The molecule has 3 nitrogen and oxygen atoms in total. The van der Waals surface area contributed by atoms with Gasteiger partial charge in [-0.05, 0) is 18.2 Å². The quantitative estimate of drug-likeness (QED) is 0.789. The minimum Gasteiger partial charge on any atom is -0.318 e. The second-order valence-corrected chi connectivity index (χ2v) is 4.15. The van der Waals surface area contributed by atoms with Gasteiger partial charge in [0, 0.05) is 5.02 Å². The zero-order valence-electron chi connectivity index (χ0n) is 8.46. The van der Waals surface area contributed by atoms with Crippen molar-refractivity contribution in [2.75, 3.05) is 11.4 Å². The number of nitrogens with two attached hydrogens (primary N) is 1. The molecule has 2 N–H and O–H groups in total. The molecule has 1 unspecified atom stereocenters. The van der Waals surface area contributed by atoms with Crippen LogP contribution in [0.3, 0.4) is 0 Å². The van der Waals surface area contributed by atoms with Crippen molar-refractivity contribution in [2.24, 2.45) is 5.73 Å². The highest BCUT2D eigenvalue weighted by Gasteiger charge is 2.41. The van der Waals surface area contributed by atoms with Crippen molar-refractivity contribution < 1.29 is 18.0 Å². The Balaban J connectivity index is 2.44. The third-order valence-corrected chi connectivity index (χ3v) is 2.75. The molecule has 1 aromatic rings. The molecular weight excluding hydrogens is 257 g/mol. The van der Waals surface area contributed by atoms with E-state index in [0.29, 0.717) is 0 Å². The van der Waals surface area contributed by atoms with Crippen LogP contribution in [0.1, 0.15) is 5.56 Å². The molecule has 7 heteroatoms. The second kappa shape index (κ2) is 3.89. The van der Waals surface area contributed by atoms with Crippen LogP contribution >= 0.6 is 11.6 Å². The zero-order valence-corrected chi connectivity index (χ0v) is 9.22. The number of benzene rings is 1. The van der Waals surface area contributed by atoms with Gasteiger partial charge in [-0.25, -0.2) is 0 Å². The molecule has 0 spiro atoms. The molecule has 0 radical (unpaired) electrons. The highest BCUT2D eigenvalue weighted by Crippen LogP contribution is 2.39. The highest BCUT2D eigenvalue weighted by molar-refractivity contribution is 6.30. The highest BCUT2D eigenvalue weighted by atomic mass is 35.5. The van der Waals surface area contributed by atoms with Crippen molar-refractivity contribution >= 4 is 23.2 Å². The van der Waals surface area contributed by atoms with Crippen LogP contribution in [0.4, 0.5) is 18.9 Å². The van der Waals surface area contributed by atoms with E-state index in [4.69, 9.17) is 17.3 Å². The topological polar surface area (TPSA) is 46.3 Å². The summed E-state index contributed by atoms with van der Waals surface area (Å²) < 4.78 is 38.2. The lowest BCUT2D eigenvalue weighted by molar-refractivity contribution is -0.137. The minimum atomic E-state index is -4.56. The molecule has 1 saturated heterocycles. The van der Waals surface area contributed by atoms with Gasteiger partial charge in [-0.2, -0.15) is 13.2 Å². The van der Waals surface area contributed by atoms with E-state index in [1.165, 1.54) is 12.1 Å². The molecule has 0 aliphatic carbocycles. The van der Waals surface area contributed by atoms with Crippen molar-refractivity contribution in [3.63, 3.8) is 0 Å². The number of alkyl halides is 3. The van der Waals surface area contributed by atoms with Crippen LogP contribution in [0.15, 0.2) is 18.2 Å². The molecule has 1 aliphatic heterocycles. The van der Waals surface area contributed by atoms with Crippen molar-refractivity contribution in [1.82, 2.24) is 0 Å². The number of nitrogens with zero attached hydrogens (tertiary/aromatic N) is 1. The Labute approximate surface area is 99.9 Å².